The van der Waals surface area contributed by atoms with E-state index in [4.69, 9.17) is 5.73 Å². The van der Waals surface area contributed by atoms with Crippen LogP contribution in [0.4, 0.5) is 0 Å². The number of carbonyl (C=O) groups excluding carboxylic acids is 1. The number of rotatable bonds is 4. The van der Waals surface area contributed by atoms with Gasteiger partial charge in [0.1, 0.15) is 0 Å². The molecule has 1 fully saturated rings. The number of hydrogen-bond donors (Lipinski definition) is 2. The fourth-order valence-electron chi connectivity index (χ4n) is 2.89. The average Bonchev–Trinajstić information content (AvgIpc) is 2.61. The van der Waals surface area contributed by atoms with Gasteiger partial charge in [0, 0.05) is 6.54 Å². The van der Waals surface area contributed by atoms with Crippen LogP contribution in [-0.2, 0) is 11.3 Å². The molecule has 0 radical (unpaired) electrons. The van der Waals surface area contributed by atoms with Gasteiger partial charge in [0.05, 0.1) is 5.54 Å². The van der Waals surface area contributed by atoms with Gasteiger partial charge in [0.2, 0.25) is 5.91 Å². The topological polar surface area (TPSA) is 55.1 Å². The summed E-state index contributed by atoms with van der Waals surface area (Å²) in [6.07, 6.45) is 5.06. The van der Waals surface area contributed by atoms with Gasteiger partial charge in [0.25, 0.3) is 0 Å². The van der Waals surface area contributed by atoms with Crippen molar-refractivity contribution < 1.29 is 4.79 Å². The maximum Gasteiger partial charge on any atom is 0.237 e. The van der Waals surface area contributed by atoms with Gasteiger partial charge in [-0.15, -0.1) is 0 Å². The number of primary amides is 1. The Morgan fingerprint density at radius 3 is 2.74 bits per heavy atom. The normalized spacial score (nSPS) is 27.7. The van der Waals surface area contributed by atoms with E-state index in [0.29, 0.717) is 12.5 Å². The molecule has 1 aliphatic rings. The molecule has 0 aliphatic heterocycles. The van der Waals surface area contributed by atoms with Crippen molar-refractivity contribution in [3.63, 3.8) is 0 Å². The molecule has 1 saturated carbocycles. The number of nitrogens with two attached hydrogens (primary N) is 1. The van der Waals surface area contributed by atoms with Crippen LogP contribution in [-0.4, -0.2) is 11.4 Å². The van der Waals surface area contributed by atoms with Gasteiger partial charge in [-0.25, -0.2) is 0 Å². The van der Waals surface area contributed by atoms with Crippen LogP contribution in [0.5, 0.6) is 0 Å². The van der Waals surface area contributed by atoms with Crippen LogP contribution in [0.1, 0.15) is 44.6 Å². The molecule has 1 amide bonds. The highest BCUT2D eigenvalue weighted by molar-refractivity contribution is 5.84. The standard InChI is InChI=1S/C16H24N2O/c1-13-6-5-10-16(11-9-13,15(17)19)18-12-14-7-3-2-4-8-14/h2-4,7-8,13,18H,5-6,9-12H2,1H3,(H2,17,19). The van der Waals surface area contributed by atoms with Crippen molar-refractivity contribution in [1.29, 1.82) is 0 Å². The molecule has 0 heterocycles. The van der Waals surface area contributed by atoms with E-state index in [-0.39, 0.29) is 5.91 Å². The molecule has 0 aromatic heterocycles. The SMILES string of the molecule is CC1CCCC(NCc2ccccc2)(C(N)=O)CC1. The number of benzene rings is 1. The summed E-state index contributed by atoms with van der Waals surface area (Å²) >= 11 is 0. The lowest BCUT2D eigenvalue weighted by atomic mass is 9.88. The Balaban J connectivity index is 2.05. The van der Waals surface area contributed by atoms with Crippen LogP contribution in [0.25, 0.3) is 0 Å². The zero-order valence-electron chi connectivity index (χ0n) is 11.7. The average molecular weight is 260 g/mol. The molecule has 3 N–H and O–H groups in total. The molecule has 2 rings (SSSR count). The van der Waals surface area contributed by atoms with Crippen molar-refractivity contribution in [1.82, 2.24) is 5.32 Å². The molecule has 1 aromatic rings. The van der Waals surface area contributed by atoms with Gasteiger partial charge < -0.3 is 5.73 Å². The van der Waals surface area contributed by atoms with Crippen LogP contribution in [0.3, 0.4) is 0 Å². The highest BCUT2D eigenvalue weighted by Crippen LogP contribution is 2.30. The predicted molar refractivity (Wildman–Crippen MR) is 77.5 cm³/mol. The number of carbonyl (C=O) groups is 1. The first kappa shape index (κ1) is 14.1. The molecule has 3 nitrogen and oxygen atoms in total. The lowest BCUT2D eigenvalue weighted by Crippen LogP contribution is -2.54. The molecule has 1 aromatic carbocycles. The zero-order valence-corrected chi connectivity index (χ0v) is 11.7. The maximum atomic E-state index is 11.9. The van der Waals surface area contributed by atoms with E-state index in [9.17, 15) is 4.79 Å². The molecular weight excluding hydrogens is 236 g/mol. The third kappa shape index (κ3) is 3.57. The first-order valence-corrected chi connectivity index (χ1v) is 7.21. The van der Waals surface area contributed by atoms with E-state index < -0.39 is 5.54 Å². The van der Waals surface area contributed by atoms with Gasteiger partial charge in [-0.1, -0.05) is 50.1 Å². The number of amides is 1. The van der Waals surface area contributed by atoms with Crippen LogP contribution < -0.4 is 11.1 Å². The highest BCUT2D eigenvalue weighted by atomic mass is 16.1. The van der Waals surface area contributed by atoms with Gasteiger partial charge in [-0.2, -0.15) is 0 Å². The molecule has 0 spiro atoms. The Kier molecular flexibility index (Phi) is 4.59. The monoisotopic (exact) mass is 260 g/mol. The van der Waals surface area contributed by atoms with Crippen molar-refractivity contribution in [3.8, 4) is 0 Å². The molecule has 104 valence electrons. The van der Waals surface area contributed by atoms with E-state index in [0.717, 1.165) is 25.7 Å². The Morgan fingerprint density at radius 2 is 2.05 bits per heavy atom. The van der Waals surface area contributed by atoms with E-state index in [1.165, 1.54) is 12.0 Å². The number of nitrogens with one attached hydrogen (secondary N) is 1. The first-order chi connectivity index (χ1) is 9.12. The Morgan fingerprint density at radius 1 is 1.32 bits per heavy atom. The lowest BCUT2D eigenvalue weighted by Gasteiger charge is -2.31. The molecule has 3 heteroatoms. The zero-order chi connectivity index (χ0) is 13.7. The summed E-state index contributed by atoms with van der Waals surface area (Å²) in [5.41, 5.74) is 6.36. The summed E-state index contributed by atoms with van der Waals surface area (Å²) in [7, 11) is 0. The van der Waals surface area contributed by atoms with Gasteiger partial charge in [-0.05, 0) is 30.7 Å². The lowest BCUT2D eigenvalue weighted by molar-refractivity contribution is -0.125. The van der Waals surface area contributed by atoms with Gasteiger partial charge >= 0.3 is 0 Å². The molecular formula is C16H24N2O. The van der Waals surface area contributed by atoms with E-state index in [1.807, 2.05) is 18.2 Å². The first-order valence-electron chi connectivity index (χ1n) is 7.21. The Labute approximate surface area is 115 Å². The summed E-state index contributed by atoms with van der Waals surface area (Å²) < 4.78 is 0. The quantitative estimate of drug-likeness (QED) is 0.818. The van der Waals surface area contributed by atoms with Gasteiger partial charge in [-0.3, -0.25) is 10.1 Å². The molecule has 0 saturated heterocycles. The van der Waals surface area contributed by atoms with E-state index >= 15 is 0 Å². The van der Waals surface area contributed by atoms with E-state index in [1.54, 1.807) is 0 Å². The second-order valence-corrected chi connectivity index (χ2v) is 5.82. The maximum absolute atomic E-state index is 11.9. The Hall–Kier alpha value is -1.35. The molecule has 2 atom stereocenters. The minimum atomic E-state index is -0.513. The summed E-state index contributed by atoms with van der Waals surface area (Å²) in [5, 5.41) is 3.44. The van der Waals surface area contributed by atoms with Crippen molar-refractivity contribution in [3.05, 3.63) is 35.9 Å². The third-order valence-corrected chi connectivity index (χ3v) is 4.31. The molecule has 19 heavy (non-hydrogen) atoms. The van der Waals surface area contributed by atoms with Crippen molar-refractivity contribution in [2.24, 2.45) is 11.7 Å². The largest absolute Gasteiger partial charge is 0.368 e. The summed E-state index contributed by atoms with van der Waals surface area (Å²) in [6.45, 7) is 2.96. The second kappa shape index (κ2) is 6.20. The van der Waals surface area contributed by atoms with Crippen molar-refractivity contribution in [2.75, 3.05) is 0 Å². The molecule has 2 unspecified atom stereocenters. The van der Waals surface area contributed by atoms with Gasteiger partial charge in [0.15, 0.2) is 0 Å². The smallest absolute Gasteiger partial charge is 0.237 e. The molecule has 0 bridgehead atoms. The van der Waals surface area contributed by atoms with Crippen LogP contribution >= 0.6 is 0 Å². The fraction of sp³-hybridized carbons (Fsp3) is 0.562. The summed E-state index contributed by atoms with van der Waals surface area (Å²) in [4.78, 5) is 11.9. The third-order valence-electron chi connectivity index (χ3n) is 4.31. The summed E-state index contributed by atoms with van der Waals surface area (Å²) in [6, 6.07) is 10.2. The van der Waals surface area contributed by atoms with E-state index in [2.05, 4.69) is 24.4 Å². The summed E-state index contributed by atoms with van der Waals surface area (Å²) in [5.74, 6) is 0.497. The minimum Gasteiger partial charge on any atom is -0.368 e. The van der Waals surface area contributed by atoms with Crippen LogP contribution in [0.2, 0.25) is 0 Å². The number of hydrogen-bond acceptors (Lipinski definition) is 2. The van der Waals surface area contributed by atoms with Crippen LogP contribution in [0.15, 0.2) is 30.3 Å². The minimum absolute atomic E-state index is 0.197. The Bertz CT molecular complexity index is 418. The predicted octanol–water partition coefficient (Wildman–Crippen LogP) is 2.60. The highest BCUT2D eigenvalue weighted by Gasteiger charge is 2.37. The van der Waals surface area contributed by atoms with Crippen molar-refractivity contribution in [2.45, 2.75) is 51.1 Å². The van der Waals surface area contributed by atoms with Crippen molar-refractivity contribution >= 4 is 5.91 Å². The fourth-order valence-corrected chi connectivity index (χ4v) is 2.89. The second-order valence-electron chi connectivity index (χ2n) is 5.82. The van der Waals surface area contributed by atoms with Crippen LogP contribution in [0, 0.1) is 5.92 Å². The molecule has 1 aliphatic carbocycles.